The summed E-state index contributed by atoms with van der Waals surface area (Å²) in [5.41, 5.74) is 0. The molecular weight excluding hydrogens is 141 g/mol. The Morgan fingerprint density at radius 1 is 1.20 bits per heavy atom. The van der Waals surface area contributed by atoms with Gasteiger partial charge in [0, 0.05) is 0 Å². The molecule has 0 aliphatic carbocycles. The quantitative estimate of drug-likeness (QED) is 0.572. The number of hydrogen-bond acceptors (Lipinski definition) is 0. The molecule has 0 rings (SSSR count). The Kier molecular flexibility index (Phi) is 3.19. The Morgan fingerprint density at radius 3 is 1.70 bits per heavy atom. The summed E-state index contributed by atoms with van der Waals surface area (Å²) in [5.74, 6) is -1.43. The molecule has 3 heteroatoms. The van der Waals surface area contributed by atoms with E-state index in [1.807, 2.05) is 0 Å². The van der Waals surface area contributed by atoms with Gasteiger partial charge in [-0.15, -0.1) is 0 Å². The topological polar surface area (TPSA) is 0 Å². The summed E-state index contributed by atoms with van der Waals surface area (Å²) in [6.07, 6.45) is -3.43. The summed E-state index contributed by atoms with van der Waals surface area (Å²) in [6, 6.07) is 0. The van der Waals surface area contributed by atoms with Crippen LogP contribution in [0, 0.1) is 11.8 Å². The minimum absolute atomic E-state index is 0.264. The first-order valence-corrected chi connectivity index (χ1v) is 3.46. The highest BCUT2D eigenvalue weighted by Gasteiger charge is 2.38. The molecule has 0 spiro atoms. The van der Waals surface area contributed by atoms with Crippen LogP contribution in [0.2, 0.25) is 0 Å². The zero-order valence-electron chi connectivity index (χ0n) is 6.50. The lowest BCUT2D eigenvalue weighted by molar-refractivity contribution is -0.182. The molecule has 0 aromatic heterocycles. The van der Waals surface area contributed by atoms with E-state index in [0.29, 0.717) is 6.42 Å². The minimum Gasteiger partial charge on any atom is -0.171 e. The maximum Gasteiger partial charge on any atom is 0.391 e. The van der Waals surface area contributed by atoms with Crippen molar-refractivity contribution in [2.45, 2.75) is 33.4 Å². The van der Waals surface area contributed by atoms with Crippen LogP contribution >= 0.6 is 0 Å². The van der Waals surface area contributed by atoms with Crippen molar-refractivity contribution in [1.82, 2.24) is 0 Å². The van der Waals surface area contributed by atoms with E-state index in [1.54, 1.807) is 13.8 Å². The maximum absolute atomic E-state index is 11.9. The highest BCUT2D eigenvalue weighted by atomic mass is 19.4. The minimum atomic E-state index is -4.02. The summed E-state index contributed by atoms with van der Waals surface area (Å²) in [5, 5.41) is 0. The van der Waals surface area contributed by atoms with Gasteiger partial charge in [-0.05, 0) is 5.92 Å². The lowest BCUT2D eigenvalue weighted by atomic mass is 9.93. The van der Waals surface area contributed by atoms with E-state index in [-0.39, 0.29) is 5.92 Å². The predicted octanol–water partition coefficient (Wildman–Crippen LogP) is 3.23. The Hall–Kier alpha value is -0.210. The predicted molar refractivity (Wildman–Crippen MR) is 34.7 cm³/mol. The van der Waals surface area contributed by atoms with E-state index in [9.17, 15) is 13.2 Å². The zero-order valence-corrected chi connectivity index (χ0v) is 6.50. The first kappa shape index (κ1) is 9.79. The molecule has 0 saturated heterocycles. The normalized spacial score (nSPS) is 18.6. The average Bonchev–Trinajstić information content (AvgIpc) is 1.83. The maximum atomic E-state index is 11.9. The Morgan fingerprint density at radius 2 is 1.60 bits per heavy atom. The highest BCUT2D eigenvalue weighted by molar-refractivity contribution is 4.67. The standard InChI is InChI=1S/C7H13F3/c1-4-5(2)6(3)7(8,9)10/h5-6H,4H2,1-3H3/t5-,6+/m1/s1. The third kappa shape index (κ3) is 2.58. The third-order valence-electron chi connectivity index (χ3n) is 2.01. The van der Waals surface area contributed by atoms with Crippen LogP contribution in [-0.2, 0) is 0 Å². The van der Waals surface area contributed by atoms with Crippen LogP contribution in [0.4, 0.5) is 13.2 Å². The zero-order chi connectivity index (χ0) is 8.36. The molecule has 2 atom stereocenters. The van der Waals surface area contributed by atoms with E-state index < -0.39 is 12.1 Å². The SMILES string of the molecule is CC[C@@H](C)[C@H](C)C(F)(F)F. The summed E-state index contributed by atoms with van der Waals surface area (Å²) in [6.45, 7) is 4.62. The van der Waals surface area contributed by atoms with Gasteiger partial charge in [0.15, 0.2) is 0 Å². The molecule has 0 aromatic carbocycles. The van der Waals surface area contributed by atoms with E-state index in [1.165, 1.54) is 6.92 Å². The van der Waals surface area contributed by atoms with Gasteiger partial charge in [-0.2, -0.15) is 13.2 Å². The fourth-order valence-corrected chi connectivity index (χ4v) is 0.676. The fraction of sp³-hybridized carbons (Fsp3) is 1.00. The van der Waals surface area contributed by atoms with Crippen LogP contribution < -0.4 is 0 Å². The molecule has 0 radical (unpaired) electrons. The molecule has 0 N–H and O–H groups in total. The van der Waals surface area contributed by atoms with Gasteiger partial charge in [-0.3, -0.25) is 0 Å². The molecule has 10 heavy (non-hydrogen) atoms. The largest absolute Gasteiger partial charge is 0.391 e. The van der Waals surface area contributed by atoms with E-state index >= 15 is 0 Å². The molecule has 0 saturated carbocycles. The first-order chi connectivity index (χ1) is 4.39. The van der Waals surface area contributed by atoms with Crippen molar-refractivity contribution in [3.8, 4) is 0 Å². The van der Waals surface area contributed by atoms with E-state index in [4.69, 9.17) is 0 Å². The van der Waals surface area contributed by atoms with Crippen molar-refractivity contribution in [1.29, 1.82) is 0 Å². The second-order valence-electron chi connectivity index (χ2n) is 2.72. The molecule has 0 amide bonds. The fourth-order valence-electron chi connectivity index (χ4n) is 0.676. The van der Waals surface area contributed by atoms with Gasteiger partial charge in [0.1, 0.15) is 0 Å². The van der Waals surface area contributed by atoms with Crippen LogP contribution in [0.15, 0.2) is 0 Å². The average molecular weight is 154 g/mol. The molecular formula is C7H13F3. The molecule has 0 aliphatic heterocycles. The molecule has 62 valence electrons. The lowest BCUT2D eigenvalue weighted by Crippen LogP contribution is -2.25. The first-order valence-electron chi connectivity index (χ1n) is 3.46. The number of alkyl halides is 3. The third-order valence-corrected chi connectivity index (χ3v) is 2.01. The molecule has 0 heterocycles. The van der Waals surface area contributed by atoms with Gasteiger partial charge in [0.2, 0.25) is 0 Å². The van der Waals surface area contributed by atoms with Gasteiger partial charge >= 0.3 is 6.18 Å². The van der Waals surface area contributed by atoms with Crippen molar-refractivity contribution in [2.75, 3.05) is 0 Å². The Balaban J connectivity index is 3.94. The van der Waals surface area contributed by atoms with E-state index in [2.05, 4.69) is 0 Å². The van der Waals surface area contributed by atoms with Gasteiger partial charge in [-0.1, -0.05) is 27.2 Å². The molecule has 0 nitrogen and oxygen atoms in total. The number of halogens is 3. The number of hydrogen-bond donors (Lipinski definition) is 0. The van der Waals surface area contributed by atoms with Gasteiger partial charge in [-0.25, -0.2) is 0 Å². The second kappa shape index (κ2) is 3.26. The van der Waals surface area contributed by atoms with Crippen molar-refractivity contribution in [3.05, 3.63) is 0 Å². The monoisotopic (exact) mass is 154 g/mol. The van der Waals surface area contributed by atoms with Crippen molar-refractivity contribution < 1.29 is 13.2 Å². The number of rotatable bonds is 2. The highest BCUT2D eigenvalue weighted by Crippen LogP contribution is 2.32. The molecule has 0 unspecified atom stereocenters. The van der Waals surface area contributed by atoms with E-state index in [0.717, 1.165) is 0 Å². The summed E-state index contributed by atoms with van der Waals surface area (Å²) in [7, 11) is 0. The van der Waals surface area contributed by atoms with Crippen LogP contribution in [0.25, 0.3) is 0 Å². The Labute approximate surface area is 59.4 Å². The molecule has 0 fully saturated rings. The van der Waals surface area contributed by atoms with Crippen LogP contribution in [0.3, 0.4) is 0 Å². The summed E-state index contributed by atoms with van der Waals surface area (Å²) in [4.78, 5) is 0. The Bertz CT molecular complexity index is 95.5. The van der Waals surface area contributed by atoms with Gasteiger partial charge < -0.3 is 0 Å². The van der Waals surface area contributed by atoms with Crippen molar-refractivity contribution >= 4 is 0 Å². The van der Waals surface area contributed by atoms with Crippen LogP contribution in [0.5, 0.6) is 0 Å². The van der Waals surface area contributed by atoms with Crippen molar-refractivity contribution in [3.63, 3.8) is 0 Å². The van der Waals surface area contributed by atoms with Crippen LogP contribution in [-0.4, -0.2) is 6.18 Å². The molecule has 0 aliphatic rings. The lowest BCUT2D eigenvalue weighted by Gasteiger charge is -2.20. The summed E-state index contributed by atoms with van der Waals surface area (Å²) < 4.78 is 35.7. The molecule has 0 bridgehead atoms. The van der Waals surface area contributed by atoms with Gasteiger partial charge in [0.25, 0.3) is 0 Å². The second-order valence-corrected chi connectivity index (χ2v) is 2.72. The summed E-state index contributed by atoms with van der Waals surface area (Å²) >= 11 is 0. The smallest absolute Gasteiger partial charge is 0.171 e. The van der Waals surface area contributed by atoms with Crippen LogP contribution in [0.1, 0.15) is 27.2 Å². The van der Waals surface area contributed by atoms with Crippen molar-refractivity contribution in [2.24, 2.45) is 11.8 Å². The van der Waals surface area contributed by atoms with Gasteiger partial charge in [0.05, 0.1) is 5.92 Å². The molecule has 0 aromatic rings.